The lowest BCUT2D eigenvalue weighted by Crippen LogP contribution is -2.33. The summed E-state index contributed by atoms with van der Waals surface area (Å²) in [5.74, 6) is -0.508. The van der Waals surface area contributed by atoms with Gasteiger partial charge in [0.1, 0.15) is 6.61 Å². The fourth-order valence-corrected chi connectivity index (χ4v) is 2.60. The topological polar surface area (TPSA) is 62.7 Å². The van der Waals surface area contributed by atoms with Crippen LogP contribution in [0.1, 0.15) is 48.7 Å². The van der Waals surface area contributed by atoms with Crippen molar-refractivity contribution in [3.05, 3.63) is 23.4 Å². The highest BCUT2D eigenvalue weighted by Crippen LogP contribution is 2.15. The lowest BCUT2D eigenvalue weighted by Gasteiger charge is -2.26. The molecule has 5 nitrogen and oxygen atoms in total. The molecule has 1 fully saturated rings. The summed E-state index contributed by atoms with van der Waals surface area (Å²) in [5.41, 5.74) is 1.03. The second-order valence-corrected chi connectivity index (χ2v) is 5.49. The molecule has 0 spiro atoms. The number of aromatic nitrogens is 1. The molecule has 116 valence electrons. The molecule has 1 N–H and O–H groups in total. The first-order valence-electron chi connectivity index (χ1n) is 7.78. The van der Waals surface area contributed by atoms with E-state index in [-0.39, 0.29) is 5.56 Å². The van der Waals surface area contributed by atoms with Gasteiger partial charge in [0.15, 0.2) is 0 Å². The van der Waals surface area contributed by atoms with Gasteiger partial charge < -0.3 is 9.84 Å². The van der Waals surface area contributed by atoms with E-state index in [2.05, 4.69) is 9.88 Å². The summed E-state index contributed by atoms with van der Waals surface area (Å²) in [4.78, 5) is 17.9. The van der Waals surface area contributed by atoms with Crippen LogP contribution in [0.15, 0.2) is 12.1 Å². The fourth-order valence-electron chi connectivity index (χ4n) is 2.60. The normalized spacial score (nSPS) is 15.9. The minimum absolute atomic E-state index is 0.251. The van der Waals surface area contributed by atoms with Gasteiger partial charge in [0.2, 0.25) is 5.88 Å². The van der Waals surface area contributed by atoms with Crippen LogP contribution in [0.2, 0.25) is 0 Å². The summed E-state index contributed by atoms with van der Waals surface area (Å²) in [6.45, 7) is 5.75. The van der Waals surface area contributed by atoms with Gasteiger partial charge in [-0.3, -0.25) is 4.90 Å². The molecule has 0 aliphatic carbocycles. The molecule has 1 aromatic heterocycles. The third kappa shape index (κ3) is 5.01. The van der Waals surface area contributed by atoms with Gasteiger partial charge in [-0.2, -0.15) is 0 Å². The molecule has 0 atom stereocenters. The Morgan fingerprint density at radius 3 is 2.76 bits per heavy atom. The minimum Gasteiger partial charge on any atom is -0.478 e. The van der Waals surface area contributed by atoms with E-state index in [0.29, 0.717) is 12.5 Å². The molecule has 0 bridgehead atoms. The zero-order valence-corrected chi connectivity index (χ0v) is 12.7. The molecule has 2 heterocycles. The second-order valence-electron chi connectivity index (χ2n) is 5.49. The van der Waals surface area contributed by atoms with Crippen molar-refractivity contribution in [1.82, 2.24) is 9.88 Å². The lowest BCUT2D eigenvalue weighted by atomic mass is 10.1. The Labute approximate surface area is 125 Å². The molecule has 0 saturated carbocycles. The van der Waals surface area contributed by atoms with Crippen LogP contribution in [0.3, 0.4) is 0 Å². The predicted octanol–water partition coefficient (Wildman–Crippen LogP) is 2.60. The summed E-state index contributed by atoms with van der Waals surface area (Å²) in [5, 5.41) is 9.14. The quantitative estimate of drug-likeness (QED) is 0.837. The number of carboxylic acids is 1. The molecule has 1 aliphatic rings. The first kappa shape index (κ1) is 15.8. The average molecular weight is 292 g/mol. The van der Waals surface area contributed by atoms with Crippen molar-refractivity contribution in [1.29, 1.82) is 0 Å². The Morgan fingerprint density at radius 2 is 2.10 bits per heavy atom. The molecule has 1 aromatic rings. The van der Waals surface area contributed by atoms with Crippen molar-refractivity contribution < 1.29 is 14.6 Å². The number of pyridine rings is 1. The number of carboxylic acid groups (broad SMARTS) is 1. The van der Waals surface area contributed by atoms with Gasteiger partial charge in [-0.05, 0) is 38.4 Å². The van der Waals surface area contributed by atoms with Crippen LogP contribution in [0.25, 0.3) is 0 Å². The molecule has 5 heteroatoms. The maximum absolute atomic E-state index is 11.1. The van der Waals surface area contributed by atoms with Crippen LogP contribution in [-0.4, -0.2) is 47.2 Å². The summed E-state index contributed by atoms with van der Waals surface area (Å²) in [6, 6.07) is 3.14. The number of nitrogens with zero attached hydrogens (tertiary/aromatic N) is 2. The van der Waals surface area contributed by atoms with Crippen molar-refractivity contribution >= 4 is 5.97 Å². The van der Waals surface area contributed by atoms with Crippen LogP contribution < -0.4 is 4.74 Å². The van der Waals surface area contributed by atoms with Crippen molar-refractivity contribution in [2.45, 2.75) is 39.0 Å². The van der Waals surface area contributed by atoms with Crippen molar-refractivity contribution in [3.63, 3.8) is 0 Å². The zero-order chi connectivity index (χ0) is 15.1. The molecular formula is C16H24N2O3. The van der Waals surface area contributed by atoms with Crippen LogP contribution in [0, 0.1) is 0 Å². The molecule has 21 heavy (non-hydrogen) atoms. The predicted molar refractivity (Wildman–Crippen MR) is 81.0 cm³/mol. The van der Waals surface area contributed by atoms with Gasteiger partial charge in [-0.1, -0.05) is 19.8 Å². The standard InChI is InChI=1S/C16H24N2O3/c1-2-6-14-11-13(16(19)20)12-15(17-14)21-10-9-18-7-4-3-5-8-18/h11-12H,2-10H2,1H3,(H,19,20). The Bertz CT molecular complexity index is 471. The number of aryl methyl sites for hydroxylation is 1. The van der Waals surface area contributed by atoms with Crippen molar-refractivity contribution in [3.8, 4) is 5.88 Å². The van der Waals surface area contributed by atoms with E-state index >= 15 is 0 Å². The van der Waals surface area contributed by atoms with Gasteiger partial charge in [0, 0.05) is 18.3 Å². The zero-order valence-electron chi connectivity index (χ0n) is 12.7. The van der Waals surface area contributed by atoms with E-state index in [0.717, 1.165) is 38.2 Å². The Hall–Kier alpha value is -1.62. The highest BCUT2D eigenvalue weighted by molar-refractivity contribution is 5.88. The molecule has 2 rings (SSSR count). The van der Waals surface area contributed by atoms with E-state index in [1.54, 1.807) is 6.07 Å². The van der Waals surface area contributed by atoms with Gasteiger partial charge in [-0.25, -0.2) is 9.78 Å². The number of piperidine rings is 1. The summed E-state index contributed by atoms with van der Waals surface area (Å²) < 4.78 is 5.67. The summed E-state index contributed by atoms with van der Waals surface area (Å²) in [6.07, 6.45) is 5.54. The minimum atomic E-state index is -0.935. The van der Waals surface area contributed by atoms with Gasteiger partial charge in [0.05, 0.1) is 5.56 Å². The molecule has 0 unspecified atom stereocenters. The molecule has 0 aromatic carbocycles. The van der Waals surface area contributed by atoms with Gasteiger partial charge in [0.25, 0.3) is 0 Å². The number of likely N-dealkylation sites (tertiary alicyclic amines) is 1. The molecule has 1 aliphatic heterocycles. The third-order valence-electron chi connectivity index (χ3n) is 3.71. The molecule has 0 radical (unpaired) electrons. The Kier molecular flexibility index (Phi) is 5.99. The van der Waals surface area contributed by atoms with E-state index in [1.165, 1.54) is 25.3 Å². The van der Waals surface area contributed by atoms with E-state index in [4.69, 9.17) is 9.84 Å². The molecule has 1 saturated heterocycles. The van der Waals surface area contributed by atoms with Crippen molar-refractivity contribution in [2.24, 2.45) is 0 Å². The maximum Gasteiger partial charge on any atom is 0.335 e. The fraction of sp³-hybridized carbons (Fsp3) is 0.625. The first-order valence-corrected chi connectivity index (χ1v) is 7.78. The van der Waals surface area contributed by atoms with Crippen LogP contribution in [0.4, 0.5) is 0 Å². The van der Waals surface area contributed by atoms with Crippen LogP contribution in [-0.2, 0) is 6.42 Å². The molecule has 0 amide bonds. The monoisotopic (exact) mass is 292 g/mol. The highest BCUT2D eigenvalue weighted by Gasteiger charge is 2.11. The van der Waals surface area contributed by atoms with Gasteiger partial charge in [-0.15, -0.1) is 0 Å². The maximum atomic E-state index is 11.1. The van der Waals surface area contributed by atoms with Gasteiger partial charge >= 0.3 is 5.97 Å². The molecular weight excluding hydrogens is 268 g/mol. The smallest absolute Gasteiger partial charge is 0.335 e. The van der Waals surface area contributed by atoms with Crippen LogP contribution in [0.5, 0.6) is 5.88 Å². The SMILES string of the molecule is CCCc1cc(C(=O)O)cc(OCCN2CCCCC2)n1. The van der Waals surface area contributed by atoms with Crippen LogP contribution >= 0.6 is 0 Å². The Balaban J connectivity index is 1.92. The summed E-state index contributed by atoms with van der Waals surface area (Å²) in [7, 11) is 0. The first-order chi connectivity index (χ1) is 10.2. The lowest BCUT2D eigenvalue weighted by molar-refractivity contribution is 0.0695. The summed E-state index contributed by atoms with van der Waals surface area (Å²) >= 11 is 0. The number of aromatic carboxylic acids is 1. The van der Waals surface area contributed by atoms with E-state index in [9.17, 15) is 4.79 Å². The van der Waals surface area contributed by atoms with E-state index in [1.807, 2.05) is 6.92 Å². The average Bonchev–Trinajstić information content (AvgIpc) is 2.48. The highest BCUT2D eigenvalue weighted by atomic mass is 16.5. The number of carbonyl (C=O) groups is 1. The number of rotatable bonds is 7. The second kappa shape index (κ2) is 7.98. The Morgan fingerprint density at radius 1 is 1.33 bits per heavy atom. The van der Waals surface area contributed by atoms with Crippen molar-refractivity contribution in [2.75, 3.05) is 26.2 Å². The number of hydrogen-bond donors (Lipinski definition) is 1. The number of hydrogen-bond acceptors (Lipinski definition) is 4. The van der Waals surface area contributed by atoms with E-state index < -0.39 is 5.97 Å². The third-order valence-corrected chi connectivity index (χ3v) is 3.71. The largest absolute Gasteiger partial charge is 0.478 e. The number of ether oxygens (including phenoxy) is 1.